The molecule has 0 aromatic carbocycles. The summed E-state index contributed by atoms with van der Waals surface area (Å²) >= 11 is 0. The van der Waals surface area contributed by atoms with E-state index in [1.54, 1.807) is 0 Å². The predicted molar refractivity (Wildman–Crippen MR) is 83.0 cm³/mol. The van der Waals surface area contributed by atoms with Crippen molar-refractivity contribution in [3.63, 3.8) is 0 Å². The van der Waals surface area contributed by atoms with Crippen molar-refractivity contribution in [3.05, 3.63) is 18.5 Å². The van der Waals surface area contributed by atoms with E-state index in [0.717, 1.165) is 23.4 Å². The maximum absolute atomic E-state index is 5.88. The molecule has 0 saturated heterocycles. The molecule has 0 aliphatic heterocycles. The van der Waals surface area contributed by atoms with Gasteiger partial charge in [-0.15, -0.1) is 0 Å². The third kappa shape index (κ3) is 2.24. The molecule has 1 saturated carbocycles. The topological polar surface area (TPSA) is 81.7 Å². The largest absolute Gasteiger partial charge is 0.368 e. The van der Waals surface area contributed by atoms with Crippen molar-refractivity contribution in [1.29, 1.82) is 0 Å². The minimum Gasteiger partial charge on any atom is -0.368 e. The van der Waals surface area contributed by atoms with Gasteiger partial charge in [-0.1, -0.05) is 19.1 Å². The molecule has 110 valence electrons. The van der Waals surface area contributed by atoms with Gasteiger partial charge in [0.25, 0.3) is 0 Å². The highest BCUT2D eigenvalue weighted by Crippen LogP contribution is 2.33. The molecule has 4 rings (SSSR count). The van der Waals surface area contributed by atoms with Crippen LogP contribution in [-0.2, 0) is 0 Å². The third-order valence-corrected chi connectivity index (χ3v) is 4.39. The summed E-state index contributed by atoms with van der Waals surface area (Å²) in [6.45, 7) is 2.22. The van der Waals surface area contributed by atoms with Crippen LogP contribution < -0.4 is 11.1 Å². The first-order valence-corrected chi connectivity index (χ1v) is 7.69. The van der Waals surface area contributed by atoms with Crippen LogP contribution in [0, 0.1) is 5.92 Å². The summed E-state index contributed by atoms with van der Waals surface area (Å²) < 4.78 is 2.12. The van der Waals surface area contributed by atoms with Crippen molar-refractivity contribution in [3.8, 4) is 0 Å². The summed E-state index contributed by atoms with van der Waals surface area (Å²) in [6, 6.07) is 0.839. The molecule has 2 aliphatic rings. The smallest absolute Gasteiger partial charge is 0.224 e. The first-order chi connectivity index (χ1) is 10.2. The number of nitrogens with one attached hydrogen (secondary N) is 1. The normalized spacial score (nSPS) is 24.8. The maximum atomic E-state index is 5.88. The van der Waals surface area contributed by atoms with E-state index in [4.69, 9.17) is 5.73 Å². The maximum Gasteiger partial charge on any atom is 0.224 e. The van der Waals surface area contributed by atoms with E-state index < -0.39 is 0 Å². The molecular formula is C15H20N6. The monoisotopic (exact) mass is 284 g/mol. The fraction of sp³-hybridized carbons (Fsp3) is 0.533. The number of nitrogens with zero attached hydrogens (tertiary/aromatic N) is 4. The molecule has 0 spiro atoms. The highest BCUT2D eigenvalue weighted by atomic mass is 15.2. The van der Waals surface area contributed by atoms with Gasteiger partial charge in [-0.2, -0.15) is 9.97 Å². The zero-order valence-electron chi connectivity index (χ0n) is 12.2. The van der Waals surface area contributed by atoms with Crippen LogP contribution in [0.25, 0.3) is 11.2 Å². The lowest BCUT2D eigenvalue weighted by molar-refractivity contribution is 0.502. The second kappa shape index (κ2) is 4.72. The highest BCUT2D eigenvalue weighted by molar-refractivity contribution is 5.84. The molecular weight excluding hydrogens is 264 g/mol. The molecule has 2 aromatic heterocycles. The summed E-state index contributed by atoms with van der Waals surface area (Å²) in [7, 11) is 0. The van der Waals surface area contributed by atoms with Gasteiger partial charge in [-0.3, -0.25) is 0 Å². The molecule has 0 radical (unpaired) electrons. The highest BCUT2D eigenvalue weighted by Gasteiger charge is 2.25. The molecule has 0 amide bonds. The Morgan fingerprint density at radius 1 is 1.33 bits per heavy atom. The number of fused-ring (bicyclic) bond motifs is 1. The van der Waals surface area contributed by atoms with Crippen molar-refractivity contribution < 1.29 is 0 Å². The molecule has 6 heteroatoms. The summed E-state index contributed by atoms with van der Waals surface area (Å²) in [5.41, 5.74) is 7.53. The molecule has 21 heavy (non-hydrogen) atoms. The number of rotatable bonds is 4. The van der Waals surface area contributed by atoms with Crippen LogP contribution in [-0.4, -0.2) is 25.6 Å². The zero-order chi connectivity index (χ0) is 14.4. The van der Waals surface area contributed by atoms with E-state index in [2.05, 4.69) is 43.9 Å². The fourth-order valence-corrected chi connectivity index (χ4v) is 2.96. The number of aromatic nitrogens is 4. The molecule has 6 nitrogen and oxygen atoms in total. The molecule has 3 N–H and O–H groups in total. The Balaban J connectivity index is 1.73. The first kappa shape index (κ1) is 12.6. The number of imidazole rings is 1. The Bertz CT molecular complexity index is 699. The average molecular weight is 284 g/mol. The number of anilines is 2. The summed E-state index contributed by atoms with van der Waals surface area (Å²) in [6.07, 6.45) is 11.1. The van der Waals surface area contributed by atoms with Gasteiger partial charge >= 0.3 is 0 Å². The number of nitrogens with two attached hydrogens (primary N) is 1. The van der Waals surface area contributed by atoms with Gasteiger partial charge in [0.1, 0.15) is 0 Å². The van der Waals surface area contributed by atoms with Gasteiger partial charge < -0.3 is 15.6 Å². The molecule has 2 heterocycles. The number of hydrogen-bond acceptors (Lipinski definition) is 5. The molecule has 2 atom stereocenters. The van der Waals surface area contributed by atoms with E-state index in [0.29, 0.717) is 23.9 Å². The van der Waals surface area contributed by atoms with E-state index in [-0.39, 0.29) is 0 Å². The van der Waals surface area contributed by atoms with Crippen molar-refractivity contribution in [1.82, 2.24) is 19.5 Å². The summed E-state index contributed by atoms with van der Waals surface area (Å²) in [4.78, 5) is 13.2. The van der Waals surface area contributed by atoms with Crippen LogP contribution in [0.4, 0.5) is 11.8 Å². The lowest BCUT2D eigenvalue weighted by atomic mass is 10.1. The average Bonchev–Trinajstić information content (AvgIpc) is 3.01. The minimum atomic E-state index is 0.307. The Hall–Kier alpha value is -2.11. The van der Waals surface area contributed by atoms with E-state index in [1.807, 2.05) is 6.33 Å². The quantitative estimate of drug-likeness (QED) is 0.843. The Morgan fingerprint density at radius 3 is 2.90 bits per heavy atom. The number of hydrogen-bond donors (Lipinski definition) is 2. The molecule has 2 aromatic rings. The lowest BCUT2D eigenvalue weighted by Crippen LogP contribution is -2.09. The molecule has 0 unspecified atom stereocenters. The van der Waals surface area contributed by atoms with Crippen LogP contribution in [0.2, 0.25) is 0 Å². The second-order valence-electron chi connectivity index (χ2n) is 6.03. The van der Waals surface area contributed by atoms with Crippen LogP contribution in [0.1, 0.15) is 38.6 Å². The number of nitrogen functional groups attached to an aromatic ring is 1. The van der Waals surface area contributed by atoms with Gasteiger partial charge in [0.05, 0.1) is 12.4 Å². The van der Waals surface area contributed by atoms with Crippen molar-refractivity contribution in [2.45, 2.75) is 44.7 Å². The molecule has 2 aliphatic carbocycles. The fourth-order valence-electron chi connectivity index (χ4n) is 2.96. The Labute approximate surface area is 123 Å². The van der Waals surface area contributed by atoms with Crippen molar-refractivity contribution >= 4 is 22.9 Å². The standard InChI is InChI=1S/C15H20N6/c1-2-9-3-6-11(7-9)21-8-17-12-13(18-10-4-5-10)19-15(16)20-14(12)21/h3,6,8-11H,2,4-5,7H2,1H3,(H3,16,18,19,20)/t9-,11+/m1/s1. The Kier molecular flexibility index (Phi) is 2.83. The molecule has 1 fully saturated rings. The van der Waals surface area contributed by atoms with E-state index >= 15 is 0 Å². The van der Waals surface area contributed by atoms with Gasteiger partial charge in [0, 0.05) is 6.04 Å². The summed E-state index contributed by atoms with van der Waals surface area (Å²) in [5, 5.41) is 3.40. The van der Waals surface area contributed by atoms with Gasteiger partial charge in [0.2, 0.25) is 5.95 Å². The Morgan fingerprint density at radius 2 is 2.19 bits per heavy atom. The van der Waals surface area contributed by atoms with Crippen LogP contribution in [0.5, 0.6) is 0 Å². The van der Waals surface area contributed by atoms with Gasteiger partial charge in [-0.25, -0.2) is 4.98 Å². The van der Waals surface area contributed by atoms with Crippen molar-refractivity contribution in [2.24, 2.45) is 5.92 Å². The van der Waals surface area contributed by atoms with Crippen molar-refractivity contribution in [2.75, 3.05) is 11.1 Å². The van der Waals surface area contributed by atoms with Gasteiger partial charge in [-0.05, 0) is 31.6 Å². The first-order valence-electron chi connectivity index (χ1n) is 7.69. The molecule has 0 bridgehead atoms. The predicted octanol–water partition coefficient (Wildman–Crippen LogP) is 2.51. The SMILES string of the molecule is CC[C@@H]1C=C[C@H](n2cnc3c(NC4CC4)nc(N)nc32)C1. The van der Waals surface area contributed by atoms with E-state index in [9.17, 15) is 0 Å². The third-order valence-electron chi connectivity index (χ3n) is 4.39. The number of allylic oxidation sites excluding steroid dienone is 2. The van der Waals surface area contributed by atoms with Gasteiger partial charge in [0.15, 0.2) is 17.0 Å². The summed E-state index contributed by atoms with van der Waals surface area (Å²) in [5.74, 6) is 1.73. The minimum absolute atomic E-state index is 0.307. The van der Waals surface area contributed by atoms with Crippen LogP contribution in [0.3, 0.4) is 0 Å². The lowest BCUT2D eigenvalue weighted by Gasteiger charge is -2.13. The van der Waals surface area contributed by atoms with Crippen LogP contribution in [0.15, 0.2) is 18.5 Å². The zero-order valence-corrected chi connectivity index (χ0v) is 12.2. The second-order valence-corrected chi connectivity index (χ2v) is 6.03. The van der Waals surface area contributed by atoms with E-state index in [1.165, 1.54) is 19.3 Å². The van der Waals surface area contributed by atoms with Crippen LogP contribution >= 0.6 is 0 Å².